The van der Waals surface area contributed by atoms with Gasteiger partial charge in [0.1, 0.15) is 18.2 Å². The number of benzene rings is 1. The Hall–Kier alpha value is -2.41. The van der Waals surface area contributed by atoms with Gasteiger partial charge in [0.25, 0.3) is 0 Å². The highest BCUT2D eigenvalue weighted by molar-refractivity contribution is 6.34. The molecule has 7 nitrogen and oxygen atoms in total. The van der Waals surface area contributed by atoms with Crippen molar-refractivity contribution in [2.45, 2.75) is 0 Å². The lowest BCUT2D eigenvalue weighted by molar-refractivity contribution is 0.0686. The van der Waals surface area contributed by atoms with Crippen LogP contribution in [-0.4, -0.2) is 36.6 Å². The predicted molar refractivity (Wildman–Crippen MR) is 71.5 cm³/mol. The zero-order valence-electron chi connectivity index (χ0n) is 10.9. The van der Waals surface area contributed by atoms with Gasteiger partial charge in [0.05, 0.1) is 12.7 Å². The largest absolute Gasteiger partial charge is 0.494 e. The van der Waals surface area contributed by atoms with Crippen LogP contribution in [0.4, 0.5) is 0 Å². The maximum absolute atomic E-state index is 10.9. The molecule has 0 spiro atoms. The average molecular weight is 312 g/mol. The summed E-state index contributed by atoms with van der Waals surface area (Å²) < 4.78 is 21.2. The number of nitrogens with zero attached hydrogens (tertiary/aromatic N) is 1. The van der Waals surface area contributed by atoms with Gasteiger partial charge >= 0.3 is 5.97 Å². The molecular formula is C13H10ClNO6. The van der Waals surface area contributed by atoms with E-state index < -0.39 is 5.97 Å². The summed E-state index contributed by atoms with van der Waals surface area (Å²) >= 11 is 6.24. The van der Waals surface area contributed by atoms with Gasteiger partial charge in [-0.25, -0.2) is 4.79 Å². The number of hydrogen-bond acceptors (Lipinski definition) is 6. The number of carboxylic acids is 1. The van der Waals surface area contributed by atoms with Gasteiger partial charge in [-0.1, -0.05) is 16.8 Å². The number of rotatable bonds is 3. The normalized spacial score (nSPS) is 13.0. The SMILES string of the molecule is COc1c(-c2cc(C(=O)O)no2)cc2c(c1Cl)OCCO2. The second kappa shape index (κ2) is 5.17. The maximum atomic E-state index is 10.9. The molecule has 3 rings (SSSR count). The Labute approximate surface area is 124 Å². The molecule has 0 saturated carbocycles. The highest BCUT2D eigenvalue weighted by atomic mass is 35.5. The summed E-state index contributed by atoms with van der Waals surface area (Å²) in [7, 11) is 1.44. The Balaban J connectivity index is 2.16. The number of carbonyl (C=O) groups is 1. The molecular weight excluding hydrogens is 302 g/mol. The second-order valence-corrected chi connectivity index (χ2v) is 4.56. The van der Waals surface area contributed by atoms with Gasteiger partial charge in [-0.05, 0) is 6.07 Å². The van der Waals surface area contributed by atoms with E-state index >= 15 is 0 Å². The smallest absolute Gasteiger partial charge is 0.358 e. The molecule has 0 atom stereocenters. The quantitative estimate of drug-likeness (QED) is 0.931. The van der Waals surface area contributed by atoms with Crippen LogP contribution in [0, 0.1) is 0 Å². The summed E-state index contributed by atoms with van der Waals surface area (Å²) in [5, 5.41) is 12.6. The highest BCUT2D eigenvalue weighted by Gasteiger charge is 2.25. The van der Waals surface area contributed by atoms with Crippen molar-refractivity contribution in [2.75, 3.05) is 20.3 Å². The Morgan fingerprint density at radius 1 is 1.38 bits per heavy atom. The molecule has 0 unspecified atom stereocenters. The molecule has 1 N–H and O–H groups in total. The molecule has 0 radical (unpaired) electrons. The van der Waals surface area contributed by atoms with Crippen molar-refractivity contribution in [1.82, 2.24) is 5.16 Å². The number of fused-ring (bicyclic) bond motifs is 1. The van der Waals surface area contributed by atoms with Gasteiger partial charge in [0, 0.05) is 6.07 Å². The molecule has 1 aromatic heterocycles. The van der Waals surface area contributed by atoms with Gasteiger partial charge in [0.2, 0.25) is 0 Å². The first-order valence-corrected chi connectivity index (χ1v) is 6.36. The molecule has 21 heavy (non-hydrogen) atoms. The maximum Gasteiger partial charge on any atom is 0.358 e. The fraction of sp³-hybridized carbons (Fsp3) is 0.231. The zero-order valence-corrected chi connectivity index (χ0v) is 11.6. The predicted octanol–water partition coefficient (Wildman–Crippen LogP) is 2.47. The average Bonchev–Trinajstić information content (AvgIpc) is 2.97. The summed E-state index contributed by atoms with van der Waals surface area (Å²) in [6.45, 7) is 0.784. The summed E-state index contributed by atoms with van der Waals surface area (Å²) in [6, 6.07) is 2.90. The van der Waals surface area contributed by atoms with Crippen LogP contribution >= 0.6 is 11.6 Å². The van der Waals surface area contributed by atoms with Crippen LogP contribution in [0.5, 0.6) is 17.2 Å². The van der Waals surface area contributed by atoms with E-state index in [9.17, 15) is 4.79 Å². The van der Waals surface area contributed by atoms with Crippen molar-refractivity contribution in [1.29, 1.82) is 0 Å². The van der Waals surface area contributed by atoms with Crippen molar-refractivity contribution in [3.63, 3.8) is 0 Å². The van der Waals surface area contributed by atoms with Gasteiger partial charge in [-0.15, -0.1) is 0 Å². The Bertz CT molecular complexity index is 711. The molecule has 0 bridgehead atoms. The van der Waals surface area contributed by atoms with Crippen molar-refractivity contribution in [3.8, 4) is 28.6 Å². The minimum Gasteiger partial charge on any atom is -0.494 e. The number of carboxylic acid groups (broad SMARTS) is 1. The molecule has 1 aliphatic heterocycles. The third-order valence-corrected chi connectivity index (χ3v) is 3.27. The van der Waals surface area contributed by atoms with Crippen LogP contribution < -0.4 is 14.2 Å². The van der Waals surface area contributed by atoms with Crippen molar-refractivity contribution < 1.29 is 28.6 Å². The topological polar surface area (TPSA) is 91.0 Å². The van der Waals surface area contributed by atoms with Crippen molar-refractivity contribution in [2.24, 2.45) is 0 Å². The fourth-order valence-electron chi connectivity index (χ4n) is 2.01. The summed E-state index contributed by atoms with van der Waals surface area (Å²) in [6.07, 6.45) is 0. The molecule has 1 aromatic carbocycles. The van der Waals surface area contributed by atoms with E-state index in [2.05, 4.69) is 5.16 Å². The van der Waals surface area contributed by atoms with E-state index in [1.165, 1.54) is 13.2 Å². The van der Waals surface area contributed by atoms with E-state index in [1.54, 1.807) is 6.07 Å². The minimum absolute atomic E-state index is 0.210. The lowest BCUT2D eigenvalue weighted by atomic mass is 10.1. The number of ether oxygens (including phenoxy) is 3. The van der Waals surface area contributed by atoms with Crippen molar-refractivity contribution in [3.05, 3.63) is 22.8 Å². The van der Waals surface area contributed by atoms with Gasteiger partial charge < -0.3 is 23.8 Å². The van der Waals surface area contributed by atoms with Crippen LogP contribution in [0.25, 0.3) is 11.3 Å². The Morgan fingerprint density at radius 3 is 2.81 bits per heavy atom. The van der Waals surface area contributed by atoms with Crippen LogP contribution in [0.3, 0.4) is 0 Å². The third-order valence-electron chi connectivity index (χ3n) is 2.93. The van der Waals surface area contributed by atoms with Crippen molar-refractivity contribution >= 4 is 17.6 Å². The number of aromatic carboxylic acids is 1. The lowest BCUT2D eigenvalue weighted by Gasteiger charge is -2.21. The standard InChI is InChI=1S/C13H10ClNO6/c1-18-11-6(8-5-7(13(16)17)15-21-8)4-9-12(10(11)14)20-3-2-19-9/h4-5H,2-3H2,1H3,(H,16,17). The number of hydrogen-bond donors (Lipinski definition) is 1. The summed E-state index contributed by atoms with van der Waals surface area (Å²) in [4.78, 5) is 10.9. The Kier molecular flexibility index (Phi) is 3.34. The summed E-state index contributed by atoms with van der Waals surface area (Å²) in [5.74, 6) is 0.154. The molecule has 2 aromatic rings. The third kappa shape index (κ3) is 2.25. The molecule has 8 heteroatoms. The van der Waals surface area contributed by atoms with Gasteiger partial charge in [-0.3, -0.25) is 0 Å². The Morgan fingerprint density at radius 2 is 2.14 bits per heavy atom. The van der Waals surface area contributed by atoms with E-state index in [4.69, 9.17) is 35.4 Å². The molecule has 1 aliphatic rings. The van der Waals surface area contributed by atoms with Crippen LogP contribution in [0.1, 0.15) is 10.5 Å². The van der Waals surface area contributed by atoms with Gasteiger partial charge in [0.15, 0.2) is 28.7 Å². The van der Waals surface area contributed by atoms with Crippen LogP contribution in [-0.2, 0) is 0 Å². The van der Waals surface area contributed by atoms with E-state index in [0.717, 1.165) is 0 Å². The van der Waals surface area contributed by atoms with Crippen LogP contribution in [0.15, 0.2) is 16.7 Å². The first kappa shape index (κ1) is 13.6. The molecule has 0 aliphatic carbocycles. The zero-order chi connectivity index (χ0) is 15.0. The minimum atomic E-state index is -1.19. The highest BCUT2D eigenvalue weighted by Crippen LogP contribution is 2.48. The first-order chi connectivity index (χ1) is 10.1. The van der Waals surface area contributed by atoms with E-state index in [1.807, 2.05) is 0 Å². The molecule has 0 saturated heterocycles. The fourth-order valence-corrected chi connectivity index (χ4v) is 2.34. The molecule has 0 fully saturated rings. The summed E-state index contributed by atoms with van der Waals surface area (Å²) in [5.41, 5.74) is 0.227. The van der Waals surface area contributed by atoms with E-state index in [-0.39, 0.29) is 16.5 Å². The molecule has 0 amide bonds. The monoisotopic (exact) mass is 311 g/mol. The van der Waals surface area contributed by atoms with Gasteiger partial charge in [-0.2, -0.15) is 0 Å². The van der Waals surface area contributed by atoms with E-state index in [0.29, 0.717) is 36.0 Å². The molecule has 110 valence electrons. The lowest BCUT2D eigenvalue weighted by Crippen LogP contribution is -2.16. The second-order valence-electron chi connectivity index (χ2n) is 4.18. The number of methoxy groups -OCH3 is 1. The van der Waals surface area contributed by atoms with Crippen LogP contribution in [0.2, 0.25) is 5.02 Å². The molecule has 2 heterocycles. The first-order valence-electron chi connectivity index (χ1n) is 5.98. The number of aromatic nitrogens is 1. The number of halogens is 1.